The van der Waals surface area contributed by atoms with Gasteiger partial charge < -0.3 is 4.74 Å². The Labute approximate surface area is 172 Å². The highest BCUT2D eigenvalue weighted by atomic mass is 32.2. The molecule has 154 valence electrons. The van der Waals surface area contributed by atoms with E-state index < -0.39 is 20.8 Å². The Morgan fingerprint density at radius 1 is 1.07 bits per heavy atom. The predicted molar refractivity (Wildman–Crippen MR) is 111 cm³/mol. The normalized spacial score (nSPS) is 11.0. The molecule has 0 aliphatic rings. The number of hydrogen-bond acceptors (Lipinski definition) is 5. The number of halogens is 1. The Hall–Kier alpha value is -3.72. The van der Waals surface area contributed by atoms with Crippen molar-refractivity contribution in [1.29, 1.82) is 0 Å². The molecule has 3 aromatic carbocycles. The summed E-state index contributed by atoms with van der Waals surface area (Å²) in [6, 6.07) is 15.3. The number of sulfonamides is 1. The van der Waals surface area contributed by atoms with Crippen LogP contribution in [0.25, 0.3) is 5.57 Å². The van der Waals surface area contributed by atoms with E-state index >= 15 is 0 Å². The summed E-state index contributed by atoms with van der Waals surface area (Å²) in [6.45, 7) is 3.97. The van der Waals surface area contributed by atoms with Gasteiger partial charge in [-0.3, -0.25) is 14.8 Å². The largest absolute Gasteiger partial charge is 0.494 e. The number of ether oxygens (including phenoxy) is 1. The van der Waals surface area contributed by atoms with E-state index in [9.17, 15) is 22.9 Å². The van der Waals surface area contributed by atoms with Crippen LogP contribution in [-0.2, 0) is 10.0 Å². The van der Waals surface area contributed by atoms with Crippen molar-refractivity contribution >= 4 is 27.0 Å². The van der Waals surface area contributed by atoms with E-state index in [0.29, 0.717) is 16.7 Å². The zero-order valence-electron chi connectivity index (χ0n) is 15.8. The standard InChI is InChI=1S/C21H17FN2O5S/c1-14(15-6-9-18(10-7-15)24(25)26)16-4-3-5-19(12-16)30(27,28)23-20-11-8-17(22)13-21(20)29-2/h3-13,23H,1H2,2H3. The van der Waals surface area contributed by atoms with Crippen LogP contribution in [0.4, 0.5) is 15.8 Å². The van der Waals surface area contributed by atoms with Gasteiger partial charge in [-0.15, -0.1) is 0 Å². The summed E-state index contributed by atoms with van der Waals surface area (Å²) in [6.07, 6.45) is 0. The summed E-state index contributed by atoms with van der Waals surface area (Å²) in [7, 11) is -2.69. The van der Waals surface area contributed by atoms with Crippen LogP contribution in [0.5, 0.6) is 5.75 Å². The van der Waals surface area contributed by atoms with Crippen LogP contribution in [0.1, 0.15) is 11.1 Å². The molecule has 9 heteroatoms. The van der Waals surface area contributed by atoms with Crippen LogP contribution in [0, 0.1) is 15.9 Å². The molecule has 7 nitrogen and oxygen atoms in total. The van der Waals surface area contributed by atoms with Crippen LogP contribution in [0.3, 0.4) is 0 Å². The molecule has 0 spiro atoms. The van der Waals surface area contributed by atoms with Gasteiger partial charge >= 0.3 is 0 Å². The Morgan fingerprint density at radius 2 is 1.77 bits per heavy atom. The van der Waals surface area contributed by atoms with Crippen molar-refractivity contribution in [3.8, 4) is 5.75 Å². The first kappa shape index (κ1) is 21.0. The van der Waals surface area contributed by atoms with Crippen molar-refractivity contribution in [2.75, 3.05) is 11.8 Å². The molecule has 0 saturated carbocycles. The Balaban J connectivity index is 1.90. The lowest BCUT2D eigenvalue weighted by Crippen LogP contribution is -2.14. The molecular formula is C21H17FN2O5S. The molecule has 0 saturated heterocycles. The Bertz CT molecular complexity index is 1220. The van der Waals surface area contributed by atoms with Gasteiger partial charge in [0.2, 0.25) is 0 Å². The summed E-state index contributed by atoms with van der Waals surface area (Å²) < 4.78 is 46.4. The second-order valence-corrected chi connectivity index (χ2v) is 7.94. The van der Waals surface area contributed by atoms with E-state index in [4.69, 9.17) is 4.74 Å². The first-order valence-corrected chi connectivity index (χ1v) is 10.1. The highest BCUT2D eigenvalue weighted by Gasteiger charge is 2.18. The zero-order chi connectivity index (χ0) is 21.9. The maximum absolute atomic E-state index is 13.4. The van der Waals surface area contributed by atoms with Gasteiger partial charge in [0.15, 0.2) is 0 Å². The molecule has 0 atom stereocenters. The Morgan fingerprint density at radius 3 is 2.40 bits per heavy atom. The topological polar surface area (TPSA) is 98.5 Å². The third-order valence-corrected chi connectivity index (χ3v) is 5.69. The minimum Gasteiger partial charge on any atom is -0.494 e. The summed E-state index contributed by atoms with van der Waals surface area (Å²) in [5, 5.41) is 10.8. The molecule has 30 heavy (non-hydrogen) atoms. The number of nitrogens with zero attached hydrogens (tertiary/aromatic N) is 1. The molecule has 3 aromatic rings. The zero-order valence-corrected chi connectivity index (χ0v) is 16.6. The number of anilines is 1. The number of nitro benzene ring substituents is 1. The quantitative estimate of drug-likeness (QED) is 0.438. The summed E-state index contributed by atoms with van der Waals surface area (Å²) >= 11 is 0. The molecule has 0 aliphatic heterocycles. The second-order valence-electron chi connectivity index (χ2n) is 6.26. The van der Waals surface area contributed by atoms with Gasteiger partial charge in [-0.1, -0.05) is 18.7 Å². The second kappa shape index (κ2) is 8.34. The molecule has 1 N–H and O–H groups in total. The molecule has 0 aromatic heterocycles. The lowest BCUT2D eigenvalue weighted by molar-refractivity contribution is -0.384. The molecule has 0 heterocycles. The number of benzene rings is 3. The average molecular weight is 428 g/mol. The lowest BCUT2D eigenvalue weighted by Gasteiger charge is -2.13. The van der Waals surface area contributed by atoms with Crippen LogP contribution in [0.2, 0.25) is 0 Å². The van der Waals surface area contributed by atoms with Crippen molar-refractivity contribution < 1.29 is 22.5 Å². The van der Waals surface area contributed by atoms with Crippen molar-refractivity contribution in [3.05, 3.63) is 100 Å². The number of hydrogen-bond donors (Lipinski definition) is 1. The van der Waals surface area contributed by atoms with Crippen LogP contribution in [-0.4, -0.2) is 20.5 Å². The molecule has 0 amide bonds. The number of methoxy groups -OCH3 is 1. The van der Waals surface area contributed by atoms with E-state index in [0.717, 1.165) is 12.1 Å². The molecular weight excluding hydrogens is 411 g/mol. The highest BCUT2D eigenvalue weighted by Crippen LogP contribution is 2.29. The van der Waals surface area contributed by atoms with E-state index in [1.54, 1.807) is 24.3 Å². The number of nitrogens with one attached hydrogen (secondary N) is 1. The van der Waals surface area contributed by atoms with E-state index in [-0.39, 0.29) is 22.0 Å². The van der Waals surface area contributed by atoms with E-state index in [1.165, 1.54) is 37.4 Å². The number of rotatable bonds is 7. The minimum atomic E-state index is -4.00. The third-order valence-electron chi connectivity index (χ3n) is 4.33. The first-order chi connectivity index (χ1) is 14.2. The summed E-state index contributed by atoms with van der Waals surface area (Å²) in [5.41, 5.74) is 1.68. The maximum Gasteiger partial charge on any atom is 0.269 e. The molecule has 0 fully saturated rings. The first-order valence-electron chi connectivity index (χ1n) is 8.62. The Kier molecular flexibility index (Phi) is 5.84. The minimum absolute atomic E-state index is 0.0329. The number of nitro groups is 1. The lowest BCUT2D eigenvalue weighted by atomic mass is 9.99. The fourth-order valence-electron chi connectivity index (χ4n) is 2.76. The van der Waals surface area contributed by atoms with E-state index in [2.05, 4.69) is 11.3 Å². The SMILES string of the molecule is C=C(c1ccc([N+](=O)[O-])cc1)c1cccc(S(=O)(=O)Nc2ccc(F)cc2OC)c1. The monoisotopic (exact) mass is 428 g/mol. The fourth-order valence-corrected chi connectivity index (χ4v) is 3.87. The van der Waals surface area contributed by atoms with E-state index in [1.807, 2.05) is 0 Å². The van der Waals surface area contributed by atoms with Crippen molar-refractivity contribution in [3.63, 3.8) is 0 Å². The van der Waals surface area contributed by atoms with Crippen molar-refractivity contribution in [2.45, 2.75) is 4.90 Å². The van der Waals surface area contributed by atoms with Crippen molar-refractivity contribution in [2.24, 2.45) is 0 Å². The summed E-state index contributed by atoms with van der Waals surface area (Å²) in [5.74, 6) is -0.513. The van der Waals surface area contributed by atoms with Gasteiger partial charge in [0.05, 0.1) is 22.6 Å². The molecule has 0 unspecified atom stereocenters. The molecule has 0 bridgehead atoms. The van der Waals surface area contributed by atoms with Gasteiger partial charge in [0, 0.05) is 18.2 Å². The van der Waals surface area contributed by atoms with Gasteiger partial charge in [-0.25, -0.2) is 12.8 Å². The van der Waals surface area contributed by atoms with Gasteiger partial charge in [-0.2, -0.15) is 0 Å². The smallest absolute Gasteiger partial charge is 0.269 e. The molecule has 3 rings (SSSR count). The van der Waals surface area contributed by atoms with Gasteiger partial charge in [0.25, 0.3) is 15.7 Å². The summed E-state index contributed by atoms with van der Waals surface area (Å²) in [4.78, 5) is 10.3. The van der Waals surface area contributed by atoms with Crippen LogP contribution >= 0.6 is 0 Å². The third kappa shape index (κ3) is 4.47. The molecule has 0 radical (unpaired) electrons. The van der Waals surface area contributed by atoms with Crippen LogP contribution in [0.15, 0.2) is 78.2 Å². The van der Waals surface area contributed by atoms with Gasteiger partial charge in [0.1, 0.15) is 11.6 Å². The number of non-ortho nitro benzene ring substituents is 1. The average Bonchev–Trinajstić information content (AvgIpc) is 2.74. The van der Waals surface area contributed by atoms with Crippen LogP contribution < -0.4 is 9.46 Å². The fraction of sp³-hybridized carbons (Fsp3) is 0.0476. The highest BCUT2D eigenvalue weighted by molar-refractivity contribution is 7.92. The van der Waals surface area contributed by atoms with Crippen molar-refractivity contribution in [1.82, 2.24) is 0 Å². The predicted octanol–water partition coefficient (Wildman–Crippen LogP) is 4.60. The molecule has 0 aliphatic carbocycles. The van der Waals surface area contributed by atoms with Gasteiger partial charge in [-0.05, 0) is 53.1 Å². The maximum atomic E-state index is 13.4.